The van der Waals surface area contributed by atoms with Gasteiger partial charge in [-0.3, -0.25) is 4.79 Å². The number of carbonyl (C=O) groups is 1. The molecule has 1 aromatic rings. The van der Waals surface area contributed by atoms with E-state index in [0.717, 1.165) is 5.56 Å². The van der Waals surface area contributed by atoms with Crippen LogP contribution < -0.4 is 5.73 Å². The predicted molar refractivity (Wildman–Crippen MR) is 83.4 cm³/mol. The number of benzene rings is 1. The lowest BCUT2D eigenvalue weighted by molar-refractivity contribution is -0.124. The van der Waals surface area contributed by atoms with Crippen LogP contribution in [0.5, 0.6) is 0 Å². The second-order valence-electron chi connectivity index (χ2n) is 5.76. The van der Waals surface area contributed by atoms with E-state index in [1.807, 2.05) is 30.3 Å². The molecule has 2 aliphatic heterocycles. The molecule has 22 heavy (non-hydrogen) atoms. The van der Waals surface area contributed by atoms with Gasteiger partial charge in [0.25, 0.3) is 0 Å². The second kappa shape index (κ2) is 8.39. The normalized spacial score (nSPS) is 22.4. The van der Waals surface area contributed by atoms with Crippen molar-refractivity contribution in [3.05, 3.63) is 35.9 Å². The fourth-order valence-corrected chi connectivity index (χ4v) is 2.61. The van der Waals surface area contributed by atoms with Gasteiger partial charge in [0.15, 0.2) is 0 Å². The van der Waals surface area contributed by atoms with Gasteiger partial charge in [0.05, 0.1) is 24.9 Å². The van der Waals surface area contributed by atoms with Gasteiger partial charge in [-0.1, -0.05) is 30.3 Å². The number of ketones is 1. The maximum absolute atomic E-state index is 10.4. The maximum Gasteiger partial charge on any atom is 0.137 e. The van der Waals surface area contributed by atoms with Crippen molar-refractivity contribution < 1.29 is 19.4 Å². The van der Waals surface area contributed by atoms with Crippen LogP contribution in [0.1, 0.15) is 37.3 Å². The van der Waals surface area contributed by atoms with Crippen LogP contribution in [-0.4, -0.2) is 42.9 Å². The second-order valence-corrected chi connectivity index (χ2v) is 5.76. The molecule has 2 aliphatic rings. The van der Waals surface area contributed by atoms with Crippen LogP contribution in [0.4, 0.5) is 0 Å². The van der Waals surface area contributed by atoms with E-state index in [1.54, 1.807) is 0 Å². The molecule has 0 bridgehead atoms. The molecule has 0 spiro atoms. The summed E-state index contributed by atoms with van der Waals surface area (Å²) in [5, 5.41) is 10.4. The van der Waals surface area contributed by atoms with Gasteiger partial charge in [-0.15, -0.1) is 0 Å². The lowest BCUT2D eigenvalue weighted by atomic mass is 9.83. The van der Waals surface area contributed by atoms with E-state index in [2.05, 4.69) is 0 Å². The number of rotatable bonds is 2. The fraction of sp³-hybridized carbons (Fsp3) is 0.588. The first kappa shape index (κ1) is 17.1. The number of aliphatic hydroxyl groups is 1. The van der Waals surface area contributed by atoms with Crippen LogP contribution in [-0.2, 0) is 14.3 Å². The number of ether oxygens (including phenoxy) is 2. The highest BCUT2D eigenvalue weighted by Crippen LogP contribution is 2.32. The van der Waals surface area contributed by atoms with Crippen molar-refractivity contribution >= 4 is 5.78 Å². The molecule has 0 amide bonds. The summed E-state index contributed by atoms with van der Waals surface area (Å²) in [6.45, 7) is 2.46. The van der Waals surface area contributed by atoms with E-state index in [-0.39, 0.29) is 6.04 Å². The third kappa shape index (κ3) is 4.88. The van der Waals surface area contributed by atoms with E-state index in [9.17, 15) is 9.90 Å². The molecular formula is C17H25NO4. The first-order valence-corrected chi connectivity index (χ1v) is 7.82. The molecular weight excluding hydrogens is 282 g/mol. The van der Waals surface area contributed by atoms with Crippen molar-refractivity contribution in [3.63, 3.8) is 0 Å². The van der Waals surface area contributed by atoms with Crippen LogP contribution in [0.2, 0.25) is 0 Å². The monoisotopic (exact) mass is 307 g/mol. The molecule has 1 atom stereocenters. The van der Waals surface area contributed by atoms with Crippen LogP contribution in [0.3, 0.4) is 0 Å². The average molecular weight is 307 g/mol. The SMILES string of the molecule is NC(c1ccccc1)C1(O)CCOCC1.O=C1CCOCC1. The van der Waals surface area contributed by atoms with E-state index in [0.29, 0.717) is 57.9 Å². The molecule has 5 heteroatoms. The first-order chi connectivity index (χ1) is 10.6. The Morgan fingerprint density at radius 3 is 2.05 bits per heavy atom. The Bertz CT molecular complexity index is 449. The Labute approximate surface area is 131 Å². The maximum atomic E-state index is 10.4. The minimum Gasteiger partial charge on any atom is -0.388 e. The van der Waals surface area contributed by atoms with Crippen LogP contribution in [0.15, 0.2) is 30.3 Å². The Morgan fingerprint density at radius 1 is 1.00 bits per heavy atom. The molecule has 0 aliphatic carbocycles. The van der Waals surface area contributed by atoms with Gasteiger partial charge in [0.2, 0.25) is 0 Å². The Balaban J connectivity index is 0.000000211. The summed E-state index contributed by atoms with van der Waals surface area (Å²) in [5.41, 5.74) is 6.28. The largest absolute Gasteiger partial charge is 0.388 e. The number of hydrogen-bond donors (Lipinski definition) is 2. The first-order valence-electron chi connectivity index (χ1n) is 7.82. The summed E-state index contributed by atoms with van der Waals surface area (Å²) in [6.07, 6.45) is 2.48. The van der Waals surface area contributed by atoms with E-state index in [4.69, 9.17) is 15.2 Å². The van der Waals surface area contributed by atoms with Crippen molar-refractivity contribution in [3.8, 4) is 0 Å². The number of hydrogen-bond acceptors (Lipinski definition) is 5. The summed E-state index contributed by atoms with van der Waals surface area (Å²) in [6, 6.07) is 9.43. The summed E-state index contributed by atoms with van der Waals surface area (Å²) >= 11 is 0. The van der Waals surface area contributed by atoms with Gasteiger partial charge >= 0.3 is 0 Å². The molecule has 3 N–H and O–H groups in total. The van der Waals surface area contributed by atoms with Crippen LogP contribution in [0.25, 0.3) is 0 Å². The summed E-state index contributed by atoms with van der Waals surface area (Å²) < 4.78 is 10.2. The third-order valence-corrected chi connectivity index (χ3v) is 4.15. The molecule has 2 saturated heterocycles. The molecule has 0 aromatic heterocycles. The van der Waals surface area contributed by atoms with Gasteiger partial charge in [0.1, 0.15) is 5.78 Å². The van der Waals surface area contributed by atoms with Gasteiger partial charge in [0, 0.05) is 38.9 Å². The molecule has 5 nitrogen and oxygen atoms in total. The van der Waals surface area contributed by atoms with E-state index >= 15 is 0 Å². The lowest BCUT2D eigenvalue weighted by Crippen LogP contribution is -2.45. The van der Waals surface area contributed by atoms with Crippen molar-refractivity contribution in [2.24, 2.45) is 5.73 Å². The highest BCUT2D eigenvalue weighted by Gasteiger charge is 2.36. The minimum atomic E-state index is -0.806. The Hall–Kier alpha value is -1.27. The number of nitrogens with two attached hydrogens (primary N) is 1. The van der Waals surface area contributed by atoms with E-state index in [1.165, 1.54) is 0 Å². The van der Waals surface area contributed by atoms with Crippen molar-refractivity contribution in [2.75, 3.05) is 26.4 Å². The molecule has 2 fully saturated rings. The number of Topliss-reactive ketones (excluding diaryl/α,β-unsaturated/α-hetero) is 1. The standard InChI is InChI=1S/C12H17NO2.C5H8O2/c13-11(10-4-2-1-3-5-10)12(14)6-8-15-9-7-12;6-5-1-3-7-4-2-5/h1-5,11,14H,6-9,13H2;1-4H2. The van der Waals surface area contributed by atoms with Crippen molar-refractivity contribution in [1.82, 2.24) is 0 Å². The van der Waals surface area contributed by atoms with Crippen LogP contribution >= 0.6 is 0 Å². The Morgan fingerprint density at radius 2 is 1.55 bits per heavy atom. The highest BCUT2D eigenvalue weighted by atomic mass is 16.5. The molecule has 1 aromatic carbocycles. The Kier molecular flexibility index (Phi) is 6.51. The molecule has 2 heterocycles. The topological polar surface area (TPSA) is 81.8 Å². The molecule has 122 valence electrons. The quantitative estimate of drug-likeness (QED) is 0.867. The smallest absolute Gasteiger partial charge is 0.137 e. The van der Waals surface area contributed by atoms with Crippen LogP contribution in [0, 0.1) is 0 Å². The predicted octanol–water partition coefficient (Wildman–Crippen LogP) is 1.59. The van der Waals surface area contributed by atoms with Crippen molar-refractivity contribution in [1.29, 1.82) is 0 Å². The summed E-state index contributed by atoms with van der Waals surface area (Å²) in [7, 11) is 0. The van der Waals surface area contributed by atoms with E-state index < -0.39 is 5.60 Å². The van der Waals surface area contributed by atoms with Crippen molar-refractivity contribution in [2.45, 2.75) is 37.3 Å². The lowest BCUT2D eigenvalue weighted by Gasteiger charge is -2.37. The highest BCUT2D eigenvalue weighted by molar-refractivity contribution is 5.79. The zero-order valence-electron chi connectivity index (χ0n) is 12.9. The van der Waals surface area contributed by atoms with Gasteiger partial charge < -0.3 is 20.3 Å². The molecule has 1 unspecified atom stereocenters. The van der Waals surface area contributed by atoms with Gasteiger partial charge in [-0.2, -0.15) is 0 Å². The third-order valence-electron chi connectivity index (χ3n) is 4.15. The van der Waals surface area contributed by atoms with Gasteiger partial charge in [-0.05, 0) is 5.56 Å². The van der Waals surface area contributed by atoms with Gasteiger partial charge in [-0.25, -0.2) is 0 Å². The summed E-state index contributed by atoms with van der Waals surface area (Å²) in [5.74, 6) is 0.339. The molecule has 0 radical (unpaired) electrons. The average Bonchev–Trinajstić information content (AvgIpc) is 2.57. The molecule has 3 rings (SSSR count). The number of carbonyl (C=O) groups excluding carboxylic acids is 1. The molecule has 0 saturated carbocycles. The zero-order valence-corrected chi connectivity index (χ0v) is 12.9. The minimum absolute atomic E-state index is 0.317. The zero-order chi connectivity index (χ0) is 15.8. The summed E-state index contributed by atoms with van der Waals surface area (Å²) in [4.78, 5) is 10.4. The fourth-order valence-electron chi connectivity index (χ4n) is 2.61.